The normalized spacial score (nSPS) is 18.4. The third kappa shape index (κ3) is 3.11. The highest BCUT2D eigenvalue weighted by Gasteiger charge is 2.23. The van der Waals surface area contributed by atoms with Crippen molar-refractivity contribution in [3.05, 3.63) is 71.8 Å². The van der Waals surface area contributed by atoms with E-state index in [-0.39, 0.29) is 12.0 Å². The van der Waals surface area contributed by atoms with Crippen LogP contribution < -0.4 is 0 Å². The van der Waals surface area contributed by atoms with E-state index >= 15 is 0 Å². The Balaban J connectivity index is 1.72. The molecule has 0 amide bonds. The lowest BCUT2D eigenvalue weighted by atomic mass is 9.97. The number of rotatable bonds is 4. The van der Waals surface area contributed by atoms with E-state index in [0.29, 0.717) is 18.9 Å². The maximum absolute atomic E-state index is 9.36. The van der Waals surface area contributed by atoms with Crippen molar-refractivity contribution < 1.29 is 4.74 Å². The molecule has 104 valence electrons. The van der Waals surface area contributed by atoms with Crippen LogP contribution in [0.5, 0.6) is 0 Å². The number of aliphatic imine (C=N–C) groups is 1. The average molecular weight is 276 g/mol. The van der Waals surface area contributed by atoms with E-state index in [2.05, 4.69) is 23.2 Å². The second-order valence-corrected chi connectivity index (χ2v) is 5.06. The van der Waals surface area contributed by atoms with Gasteiger partial charge < -0.3 is 4.74 Å². The van der Waals surface area contributed by atoms with Gasteiger partial charge in [-0.1, -0.05) is 60.7 Å². The summed E-state index contributed by atoms with van der Waals surface area (Å²) >= 11 is 0. The molecular weight excluding hydrogens is 260 g/mol. The maximum Gasteiger partial charge on any atom is 0.185 e. The van der Waals surface area contributed by atoms with Crippen LogP contribution >= 0.6 is 0 Å². The van der Waals surface area contributed by atoms with Gasteiger partial charge in [0.05, 0.1) is 12.0 Å². The molecule has 0 fully saturated rings. The molecule has 1 heterocycles. The molecule has 0 bridgehead atoms. The Morgan fingerprint density at radius 2 is 1.76 bits per heavy atom. The number of benzene rings is 2. The highest BCUT2D eigenvalue weighted by molar-refractivity contribution is 5.79. The first-order valence-electron chi connectivity index (χ1n) is 7.06. The van der Waals surface area contributed by atoms with Gasteiger partial charge in [-0.05, 0) is 11.1 Å². The minimum absolute atomic E-state index is 0.0521. The van der Waals surface area contributed by atoms with Crippen LogP contribution in [0.4, 0.5) is 0 Å². The van der Waals surface area contributed by atoms with Gasteiger partial charge in [-0.3, -0.25) is 0 Å². The minimum Gasteiger partial charge on any atom is -0.478 e. The number of hydrogen-bond acceptors (Lipinski definition) is 3. The molecule has 1 aliphatic heterocycles. The van der Waals surface area contributed by atoms with E-state index in [9.17, 15) is 5.26 Å². The smallest absolute Gasteiger partial charge is 0.185 e. The maximum atomic E-state index is 9.36. The van der Waals surface area contributed by atoms with Crippen molar-refractivity contribution in [2.75, 3.05) is 6.61 Å². The molecule has 0 N–H and O–H groups in total. The fraction of sp³-hybridized carbons (Fsp3) is 0.222. The third-order valence-corrected chi connectivity index (χ3v) is 3.63. The summed E-state index contributed by atoms with van der Waals surface area (Å²) in [5, 5.41) is 9.36. The molecule has 2 atom stereocenters. The zero-order valence-corrected chi connectivity index (χ0v) is 11.6. The molecule has 0 saturated heterocycles. The Labute approximate surface area is 124 Å². The summed E-state index contributed by atoms with van der Waals surface area (Å²) in [6, 6.07) is 22.3. The predicted octanol–water partition coefficient (Wildman–Crippen LogP) is 3.85. The van der Waals surface area contributed by atoms with Crippen LogP contribution in [0, 0.1) is 11.3 Å². The third-order valence-electron chi connectivity index (χ3n) is 3.63. The van der Waals surface area contributed by atoms with Crippen molar-refractivity contribution in [2.24, 2.45) is 4.99 Å². The van der Waals surface area contributed by atoms with Gasteiger partial charge in [0.25, 0.3) is 0 Å². The van der Waals surface area contributed by atoms with Crippen LogP contribution in [-0.4, -0.2) is 12.5 Å². The van der Waals surface area contributed by atoms with Crippen molar-refractivity contribution in [1.82, 2.24) is 0 Å². The summed E-state index contributed by atoms with van der Waals surface area (Å²) < 4.78 is 5.67. The lowest BCUT2D eigenvalue weighted by Gasteiger charge is -2.08. The zero-order chi connectivity index (χ0) is 14.5. The summed E-state index contributed by atoms with van der Waals surface area (Å²) in [6.45, 7) is 0.562. The lowest BCUT2D eigenvalue weighted by Crippen LogP contribution is -2.06. The van der Waals surface area contributed by atoms with Crippen LogP contribution in [0.3, 0.4) is 0 Å². The molecule has 0 aromatic heterocycles. The van der Waals surface area contributed by atoms with Crippen LogP contribution in [0.15, 0.2) is 65.7 Å². The van der Waals surface area contributed by atoms with E-state index in [4.69, 9.17) is 4.74 Å². The summed E-state index contributed by atoms with van der Waals surface area (Å²) in [7, 11) is 0. The van der Waals surface area contributed by atoms with Crippen molar-refractivity contribution >= 4 is 5.90 Å². The minimum atomic E-state index is -0.209. The van der Waals surface area contributed by atoms with Crippen molar-refractivity contribution in [3.8, 4) is 6.07 Å². The molecule has 1 aliphatic rings. The number of ether oxygens (including phenoxy) is 1. The zero-order valence-electron chi connectivity index (χ0n) is 11.6. The highest BCUT2D eigenvalue weighted by atomic mass is 16.5. The van der Waals surface area contributed by atoms with Crippen molar-refractivity contribution in [2.45, 2.75) is 18.4 Å². The van der Waals surface area contributed by atoms with Gasteiger partial charge in [-0.15, -0.1) is 0 Å². The fourth-order valence-corrected chi connectivity index (χ4v) is 2.48. The SMILES string of the molecule is N#CC(CC1=N[C@H](c2ccccc2)CO1)c1ccccc1. The van der Waals surface area contributed by atoms with E-state index in [0.717, 1.165) is 11.1 Å². The van der Waals surface area contributed by atoms with Crippen molar-refractivity contribution in [3.63, 3.8) is 0 Å². The first-order valence-corrected chi connectivity index (χ1v) is 7.06. The Morgan fingerprint density at radius 1 is 1.10 bits per heavy atom. The van der Waals surface area contributed by atoms with Gasteiger partial charge in [0.2, 0.25) is 0 Å². The monoisotopic (exact) mass is 276 g/mol. The Kier molecular flexibility index (Phi) is 3.97. The molecular formula is C18H16N2O. The quantitative estimate of drug-likeness (QED) is 0.851. The first kappa shape index (κ1) is 13.4. The van der Waals surface area contributed by atoms with E-state index in [1.54, 1.807) is 0 Å². The Hall–Kier alpha value is -2.60. The lowest BCUT2D eigenvalue weighted by molar-refractivity contribution is 0.310. The molecule has 0 saturated carbocycles. The van der Waals surface area contributed by atoms with Crippen LogP contribution in [-0.2, 0) is 4.74 Å². The number of nitrogens with zero attached hydrogens (tertiary/aromatic N) is 2. The summed E-state index contributed by atoms with van der Waals surface area (Å²) in [6.07, 6.45) is 0.532. The van der Waals surface area contributed by atoms with Crippen LogP contribution in [0.25, 0.3) is 0 Å². The molecule has 0 aliphatic carbocycles. The molecule has 3 nitrogen and oxygen atoms in total. The standard InChI is InChI=1S/C18H16N2O/c19-12-16(14-7-3-1-4-8-14)11-18-20-17(13-21-18)15-9-5-2-6-10-15/h1-10,16-17H,11,13H2/t16?,17-/m0/s1. The van der Waals surface area contributed by atoms with Gasteiger partial charge in [-0.25, -0.2) is 4.99 Å². The Bertz CT molecular complexity index is 659. The topological polar surface area (TPSA) is 45.4 Å². The van der Waals surface area contributed by atoms with Crippen LogP contribution in [0.2, 0.25) is 0 Å². The summed E-state index contributed by atoms with van der Waals surface area (Å²) in [5.74, 6) is 0.471. The van der Waals surface area contributed by atoms with Gasteiger partial charge in [0, 0.05) is 6.42 Å². The molecule has 0 spiro atoms. The van der Waals surface area contributed by atoms with E-state index in [1.807, 2.05) is 48.5 Å². The molecule has 1 unspecified atom stereocenters. The number of hydrogen-bond donors (Lipinski definition) is 0. The first-order chi connectivity index (χ1) is 10.4. The van der Waals surface area contributed by atoms with E-state index < -0.39 is 0 Å². The molecule has 21 heavy (non-hydrogen) atoms. The molecule has 3 rings (SSSR count). The van der Waals surface area contributed by atoms with Gasteiger partial charge in [0.15, 0.2) is 5.90 Å². The summed E-state index contributed by atoms with van der Waals surface area (Å²) in [5.41, 5.74) is 2.16. The predicted molar refractivity (Wildman–Crippen MR) is 82.0 cm³/mol. The van der Waals surface area contributed by atoms with Gasteiger partial charge in [0.1, 0.15) is 12.6 Å². The fourth-order valence-electron chi connectivity index (χ4n) is 2.48. The molecule has 2 aromatic carbocycles. The second-order valence-electron chi connectivity index (χ2n) is 5.06. The Morgan fingerprint density at radius 3 is 2.43 bits per heavy atom. The van der Waals surface area contributed by atoms with E-state index in [1.165, 1.54) is 0 Å². The highest BCUT2D eigenvalue weighted by Crippen LogP contribution is 2.27. The van der Waals surface area contributed by atoms with Crippen molar-refractivity contribution in [1.29, 1.82) is 5.26 Å². The number of nitriles is 1. The average Bonchev–Trinajstić information content (AvgIpc) is 3.03. The van der Waals surface area contributed by atoms with Gasteiger partial charge in [-0.2, -0.15) is 5.26 Å². The second kappa shape index (κ2) is 6.23. The largest absolute Gasteiger partial charge is 0.478 e. The molecule has 0 radical (unpaired) electrons. The summed E-state index contributed by atoms with van der Waals surface area (Å²) in [4.78, 5) is 4.61. The molecule has 2 aromatic rings. The molecule has 3 heteroatoms. The van der Waals surface area contributed by atoms with Crippen LogP contribution in [0.1, 0.15) is 29.5 Å². The van der Waals surface area contributed by atoms with Gasteiger partial charge >= 0.3 is 0 Å².